The Morgan fingerprint density at radius 3 is 2.20 bits per heavy atom. The van der Waals surface area contributed by atoms with E-state index in [0.29, 0.717) is 11.4 Å². The average Bonchev–Trinajstić information content (AvgIpc) is 3.40. The molecule has 5 rings (SSSR count). The second-order valence-electron chi connectivity index (χ2n) is 8.58. The molecule has 0 aliphatic heterocycles. The number of halogens is 1. The minimum absolute atomic E-state index is 0.172. The molecule has 0 aliphatic rings. The summed E-state index contributed by atoms with van der Waals surface area (Å²) >= 11 is 3.51. The first-order valence-corrected chi connectivity index (χ1v) is 12.2. The van der Waals surface area contributed by atoms with Gasteiger partial charge in [-0.3, -0.25) is 4.79 Å². The number of carbonyl (C=O) groups is 1. The Labute approximate surface area is 213 Å². The molecule has 1 N–H and O–H groups in total. The van der Waals surface area contributed by atoms with Gasteiger partial charge in [-0.25, -0.2) is 4.68 Å². The van der Waals surface area contributed by atoms with Gasteiger partial charge in [0.15, 0.2) is 0 Å². The highest BCUT2D eigenvalue weighted by atomic mass is 79.9. The van der Waals surface area contributed by atoms with Crippen LogP contribution in [0.3, 0.4) is 0 Å². The molecule has 0 bridgehead atoms. The van der Waals surface area contributed by atoms with E-state index >= 15 is 0 Å². The van der Waals surface area contributed by atoms with E-state index in [2.05, 4.69) is 57.9 Å². The van der Waals surface area contributed by atoms with Crippen molar-refractivity contribution >= 4 is 27.7 Å². The molecule has 2 aromatic heterocycles. The largest absolute Gasteiger partial charge is 0.318 e. The van der Waals surface area contributed by atoms with Crippen molar-refractivity contribution in [2.24, 2.45) is 0 Å². The molecule has 0 spiro atoms. The summed E-state index contributed by atoms with van der Waals surface area (Å²) in [6, 6.07) is 29.7. The van der Waals surface area contributed by atoms with Gasteiger partial charge in [0.25, 0.3) is 5.91 Å². The zero-order valence-corrected chi connectivity index (χ0v) is 21.4. The molecule has 0 unspecified atom stereocenters. The summed E-state index contributed by atoms with van der Waals surface area (Å²) in [5, 5.41) is 7.98. The lowest BCUT2D eigenvalue weighted by atomic mass is 10.1. The number of hydrogen-bond donors (Lipinski definition) is 1. The van der Waals surface area contributed by atoms with Gasteiger partial charge in [0.2, 0.25) is 0 Å². The highest BCUT2D eigenvalue weighted by Gasteiger charge is 2.19. The van der Waals surface area contributed by atoms with Crippen LogP contribution in [-0.4, -0.2) is 20.3 Å². The number of aryl methyl sites for hydroxylation is 2. The van der Waals surface area contributed by atoms with E-state index in [1.165, 1.54) is 0 Å². The van der Waals surface area contributed by atoms with Crippen LogP contribution in [-0.2, 0) is 0 Å². The van der Waals surface area contributed by atoms with Crippen molar-refractivity contribution in [1.29, 1.82) is 0 Å². The van der Waals surface area contributed by atoms with E-state index in [0.717, 1.165) is 44.1 Å². The van der Waals surface area contributed by atoms with Crippen molar-refractivity contribution < 1.29 is 4.79 Å². The maximum atomic E-state index is 13.0. The number of aromatic nitrogens is 3. The zero-order valence-electron chi connectivity index (χ0n) is 19.8. The Morgan fingerprint density at radius 1 is 0.829 bits per heavy atom. The Hall–Kier alpha value is -3.90. The minimum Gasteiger partial charge on any atom is -0.318 e. The summed E-state index contributed by atoms with van der Waals surface area (Å²) in [5.74, 6) is 0.444. The van der Waals surface area contributed by atoms with Gasteiger partial charge in [0, 0.05) is 38.7 Å². The van der Waals surface area contributed by atoms with Crippen LogP contribution < -0.4 is 5.32 Å². The van der Waals surface area contributed by atoms with Crippen molar-refractivity contribution in [3.63, 3.8) is 0 Å². The number of anilines is 1. The molecule has 2 heterocycles. The summed E-state index contributed by atoms with van der Waals surface area (Å²) < 4.78 is 5.04. The normalized spacial score (nSPS) is 11.0. The van der Waals surface area contributed by atoms with Crippen molar-refractivity contribution in [3.05, 3.63) is 118 Å². The van der Waals surface area contributed by atoms with E-state index in [1.807, 2.05) is 79.7 Å². The molecule has 0 radical (unpaired) electrons. The third-order valence-corrected chi connectivity index (χ3v) is 6.59. The quantitative estimate of drug-likeness (QED) is 0.262. The zero-order chi connectivity index (χ0) is 24.5. The fraction of sp³-hybridized carbons (Fsp3) is 0.103. The number of nitrogens with one attached hydrogen (secondary N) is 1. The number of rotatable bonds is 5. The number of amides is 1. The first kappa shape index (κ1) is 22.9. The maximum absolute atomic E-state index is 13.0. The number of hydrogen-bond acceptors (Lipinski definition) is 2. The SMILES string of the molecule is Cc1ccc(C(=O)Nc2cc(-c3cc(C)n(-c4ccc(Br)cc4)c3C)nn2-c2ccccc2)cc1. The maximum Gasteiger partial charge on any atom is 0.256 e. The van der Waals surface area contributed by atoms with Crippen molar-refractivity contribution in [3.8, 4) is 22.6 Å². The molecular weight excluding hydrogens is 500 g/mol. The smallest absolute Gasteiger partial charge is 0.256 e. The second kappa shape index (κ2) is 9.39. The van der Waals surface area contributed by atoms with E-state index in [4.69, 9.17) is 5.10 Å². The highest BCUT2D eigenvalue weighted by Crippen LogP contribution is 2.32. The van der Waals surface area contributed by atoms with Crippen molar-refractivity contribution in [2.75, 3.05) is 5.32 Å². The van der Waals surface area contributed by atoms with Crippen LogP contribution >= 0.6 is 15.9 Å². The van der Waals surface area contributed by atoms with Gasteiger partial charge in [-0.1, -0.05) is 51.8 Å². The van der Waals surface area contributed by atoms with Gasteiger partial charge < -0.3 is 9.88 Å². The second-order valence-corrected chi connectivity index (χ2v) is 9.49. The van der Waals surface area contributed by atoms with E-state index in [9.17, 15) is 4.79 Å². The van der Waals surface area contributed by atoms with Gasteiger partial charge in [-0.2, -0.15) is 5.10 Å². The predicted molar refractivity (Wildman–Crippen MR) is 145 cm³/mol. The molecule has 0 atom stereocenters. The molecule has 174 valence electrons. The summed E-state index contributed by atoms with van der Waals surface area (Å²) in [5.41, 5.74) is 7.68. The molecule has 35 heavy (non-hydrogen) atoms. The van der Waals surface area contributed by atoms with Crippen molar-refractivity contribution in [1.82, 2.24) is 14.3 Å². The molecule has 5 aromatic rings. The summed E-state index contributed by atoms with van der Waals surface area (Å²) in [4.78, 5) is 13.0. The standard InChI is InChI=1S/C29H25BrN4O/c1-19-9-11-22(12-10-19)29(35)31-28-18-27(32-34(28)25-7-5-4-6-8-25)26-17-20(2)33(21(26)3)24-15-13-23(30)14-16-24/h4-18H,1-3H3,(H,31,35). The van der Waals surface area contributed by atoms with Gasteiger partial charge >= 0.3 is 0 Å². The fourth-order valence-corrected chi connectivity index (χ4v) is 4.54. The van der Waals surface area contributed by atoms with Crippen LogP contribution in [0.15, 0.2) is 95.5 Å². The third kappa shape index (κ3) is 4.57. The Balaban J connectivity index is 1.57. The van der Waals surface area contributed by atoms with E-state index in [-0.39, 0.29) is 5.91 Å². The first-order chi connectivity index (χ1) is 16.9. The molecule has 6 heteroatoms. The predicted octanol–water partition coefficient (Wildman–Crippen LogP) is 7.27. The fourth-order valence-electron chi connectivity index (χ4n) is 4.27. The van der Waals surface area contributed by atoms with Gasteiger partial charge in [-0.15, -0.1) is 0 Å². The van der Waals surface area contributed by atoms with E-state index in [1.54, 1.807) is 4.68 Å². The van der Waals surface area contributed by atoms with Crippen molar-refractivity contribution in [2.45, 2.75) is 20.8 Å². The molecule has 0 fully saturated rings. The molecule has 0 saturated heterocycles. The Bertz CT molecular complexity index is 1500. The highest BCUT2D eigenvalue weighted by molar-refractivity contribution is 9.10. The van der Waals surface area contributed by atoms with Crippen LogP contribution in [0.25, 0.3) is 22.6 Å². The lowest BCUT2D eigenvalue weighted by Crippen LogP contribution is -2.15. The molecule has 0 saturated carbocycles. The third-order valence-electron chi connectivity index (χ3n) is 6.06. The van der Waals surface area contributed by atoms with Crippen LogP contribution in [0, 0.1) is 20.8 Å². The minimum atomic E-state index is -0.172. The molecule has 5 nitrogen and oxygen atoms in total. The lowest BCUT2D eigenvalue weighted by molar-refractivity contribution is 0.102. The average molecular weight is 525 g/mol. The summed E-state index contributed by atoms with van der Waals surface area (Å²) in [6.45, 7) is 6.19. The summed E-state index contributed by atoms with van der Waals surface area (Å²) in [6.07, 6.45) is 0. The molecule has 3 aromatic carbocycles. The molecule has 0 aliphatic carbocycles. The van der Waals surface area contributed by atoms with Gasteiger partial charge in [0.05, 0.1) is 11.4 Å². The lowest BCUT2D eigenvalue weighted by Gasteiger charge is -2.10. The number of benzene rings is 3. The molecular formula is C29H25BrN4O. The number of para-hydroxylation sites is 1. The summed E-state index contributed by atoms with van der Waals surface area (Å²) in [7, 11) is 0. The van der Waals surface area contributed by atoms with Crippen LogP contribution in [0.5, 0.6) is 0 Å². The Kier molecular flexibility index (Phi) is 6.14. The Morgan fingerprint density at radius 2 is 1.51 bits per heavy atom. The molecule has 1 amide bonds. The van der Waals surface area contributed by atoms with Crippen LogP contribution in [0.1, 0.15) is 27.3 Å². The number of nitrogens with zero attached hydrogens (tertiary/aromatic N) is 3. The van der Waals surface area contributed by atoms with E-state index < -0.39 is 0 Å². The first-order valence-electron chi connectivity index (χ1n) is 11.4. The van der Waals surface area contributed by atoms with Gasteiger partial charge in [0.1, 0.15) is 5.82 Å². The van der Waals surface area contributed by atoms with Crippen LogP contribution in [0.2, 0.25) is 0 Å². The van der Waals surface area contributed by atoms with Gasteiger partial charge in [-0.05, 0) is 75.4 Å². The number of carbonyl (C=O) groups excluding carboxylic acids is 1. The topological polar surface area (TPSA) is 51.9 Å². The van der Waals surface area contributed by atoms with Crippen LogP contribution in [0.4, 0.5) is 5.82 Å². The monoisotopic (exact) mass is 524 g/mol.